The van der Waals surface area contributed by atoms with Crippen LogP contribution < -0.4 is 20.5 Å². The van der Waals surface area contributed by atoms with Gasteiger partial charge in [-0.3, -0.25) is 4.79 Å². The Labute approximate surface area is 180 Å². The van der Waals surface area contributed by atoms with Gasteiger partial charge in [-0.2, -0.15) is 0 Å². The number of methoxy groups -OCH3 is 1. The van der Waals surface area contributed by atoms with Gasteiger partial charge in [-0.1, -0.05) is 32.1 Å². The second-order valence-corrected chi connectivity index (χ2v) is 7.61. The van der Waals surface area contributed by atoms with E-state index in [0.717, 1.165) is 24.8 Å². The van der Waals surface area contributed by atoms with E-state index in [2.05, 4.69) is 31.3 Å². The third-order valence-electron chi connectivity index (χ3n) is 4.47. The molecule has 0 radical (unpaired) electrons. The largest absolute Gasteiger partial charge is 0.493 e. The number of nitrogens with zero attached hydrogens (tertiary/aromatic N) is 1. The standard InChI is InChI=1S/C23H37N3O4/c1-18(2)10-7-5-6-8-11-22(27)25-17-19-12-13-20(21(16-19)29-4)30-23(28)26(3)15-9-14-24/h7,10,12-13,16,18H,5-6,8-9,11,14-15,17,24H2,1-4H3,(H,25,27)/b10-7+. The number of unbranched alkanes of at least 4 members (excludes halogenated alkanes) is 2. The molecule has 0 spiro atoms. The molecule has 0 aliphatic rings. The Hall–Kier alpha value is -2.54. The lowest BCUT2D eigenvalue weighted by Gasteiger charge is -2.17. The van der Waals surface area contributed by atoms with Crippen molar-refractivity contribution in [2.24, 2.45) is 11.7 Å². The van der Waals surface area contributed by atoms with Crippen molar-refractivity contribution < 1.29 is 19.1 Å². The average Bonchev–Trinajstić information content (AvgIpc) is 2.73. The number of nitrogens with one attached hydrogen (secondary N) is 1. The van der Waals surface area contributed by atoms with Gasteiger partial charge in [0.1, 0.15) is 0 Å². The van der Waals surface area contributed by atoms with Crippen molar-refractivity contribution in [2.45, 2.75) is 52.5 Å². The highest BCUT2D eigenvalue weighted by molar-refractivity contribution is 5.76. The van der Waals surface area contributed by atoms with Crippen molar-refractivity contribution in [3.63, 3.8) is 0 Å². The lowest BCUT2D eigenvalue weighted by molar-refractivity contribution is -0.121. The van der Waals surface area contributed by atoms with E-state index in [4.69, 9.17) is 15.2 Å². The molecule has 168 valence electrons. The van der Waals surface area contributed by atoms with Crippen LogP contribution in [0.25, 0.3) is 0 Å². The summed E-state index contributed by atoms with van der Waals surface area (Å²) in [4.78, 5) is 25.6. The quantitative estimate of drug-likeness (QED) is 0.374. The van der Waals surface area contributed by atoms with Crippen molar-refractivity contribution in [3.8, 4) is 11.5 Å². The van der Waals surface area contributed by atoms with E-state index in [1.54, 1.807) is 19.2 Å². The Bertz CT molecular complexity index is 689. The molecule has 0 bridgehead atoms. The molecule has 0 saturated heterocycles. The van der Waals surface area contributed by atoms with Crippen molar-refractivity contribution in [3.05, 3.63) is 35.9 Å². The third-order valence-corrected chi connectivity index (χ3v) is 4.47. The Morgan fingerprint density at radius 3 is 2.63 bits per heavy atom. The molecule has 7 nitrogen and oxygen atoms in total. The van der Waals surface area contributed by atoms with Crippen LogP contribution in [0.1, 0.15) is 51.5 Å². The summed E-state index contributed by atoms with van der Waals surface area (Å²) in [6, 6.07) is 5.25. The summed E-state index contributed by atoms with van der Waals surface area (Å²) < 4.78 is 10.7. The highest BCUT2D eigenvalue weighted by atomic mass is 16.6. The summed E-state index contributed by atoms with van der Waals surface area (Å²) >= 11 is 0. The fourth-order valence-electron chi connectivity index (χ4n) is 2.70. The SMILES string of the molecule is COc1cc(CNC(=O)CCCC/C=C/C(C)C)ccc1OC(=O)N(C)CCCN. The number of benzene rings is 1. The molecule has 0 unspecified atom stereocenters. The monoisotopic (exact) mass is 419 g/mol. The Morgan fingerprint density at radius 1 is 1.20 bits per heavy atom. The predicted molar refractivity (Wildman–Crippen MR) is 120 cm³/mol. The molecule has 1 aromatic rings. The molecule has 0 aromatic heterocycles. The van der Waals surface area contributed by atoms with E-state index in [0.29, 0.717) is 49.9 Å². The van der Waals surface area contributed by atoms with Crippen molar-refractivity contribution in [1.29, 1.82) is 0 Å². The molecule has 3 N–H and O–H groups in total. The minimum atomic E-state index is -0.467. The summed E-state index contributed by atoms with van der Waals surface area (Å²) in [5.74, 6) is 1.38. The first-order valence-corrected chi connectivity index (χ1v) is 10.6. The second kappa shape index (κ2) is 14.4. The van der Waals surface area contributed by atoms with Crippen LogP contribution >= 0.6 is 0 Å². The van der Waals surface area contributed by atoms with Crippen LogP contribution in [-0.4, -0.2) is 44.1 Å². The minimum absolute atomic E-state index is 0.0267. The zero-order valence-electron chi connectivity index (χ0n) is 18.8. The molecule has 0 atom stereocenters. The lowest BCUT2D eigenvalue weighted by Crippen LogP contribution is -2.31. The van der Waals surface area contributed by atoms with E-state index in [1.807, 2.05) is 6.07 Å². The van der Waals surface area contributed by atoms with E-state index in [-0.39, 0.29) is 5.91 Å². The summed E-state index contributed by atoms with van der Waals surface area (Å²) in [5, 5.41) is 2.92. The van der Waals surface area contributed by atoms with Gasteiger partial charge in [0, 0.05) is 26.6 Å². The van der Waals surface area contributed by atoms with Gasteiger partial charge in [-0.25, -0.2) is 4.79 Å². The van der Waals surface area contributed by atoms with Gasteiger partial charge in [0.05, 0.1) is 7.11 Å². The first kappa shape index (κ1) is 25.5. The number of carbonyl (C=O) groups is 2. The molecule has 0 aliphatic carbocycles. The highest BCUT2D eigenvalue weighted by Gasteiger charge is 2.14. The summed E-state index contributed by atoms with van der Waals surface area (Å²) in [7, 11) is 3.18. The molecule has 0 heterocycles. The van der Waals surface area contributed by atoms with Crippen molar-refractivity contribution in [1.82, 2.24) is 10.2 Å². The first-order chi connectivity index (χ1) is 14.4. The molecule has 0 aliphatic heterocycles. The fraction of sp³-hybridized carbons (Fsp3) is 0.565. The van der Waals surface area contributed by atoms with E-state index < -0.39 is 6.09 Å². The average molecular weight is 420 g/mol. The van der Waals surface area contributed by atoms with Crippen LogP contribution in [0.5, 0.6) is 11.5 Å². The molecule has 1 rings (SSSR count). The van der Waals surface area contributed by atoms with Gasteiger partial charge < -0.3 is 25.4 Å². The van der Waals surface area contributed by atoms with Gasteiger partial charge >= 0.3 is 6.09 Å². The molecule has 0 fully saturated rings. The van der Waals surface area contributed by atoms with Gasteiger partial charge in [-0.15, -0.1) is 0 Å². The van der Waals surface area contributed by atoms with Gasteiger partial charge in [0.25, 0.3) is 0 Å². The number of ether oxygens (including phenoxy) is 2. The fourth-order valence-corrected chi connectivity index (χ4v) is 2.70. The number of nitrogens with two attached hydrogens (primary N) is 1. The van der Waals surface area contributed by atoms with Crippen LogP contribution in [0.2, 0.25) is 0 Å². The van der Waals surface area contributed by atoms with Crippen molar-refractivity contribution >= 4 is 12.0 Å². The Balaban J connectivity index is 2.47. The van der Waals surface area contributed by atoms with Gasteiger partial charge in [0.15, 0.2) is 11.5 Å². The Kier molecular flexibility index (Phi) is 12.3. The van der Waals surface area contributed by atoms with Crippen molar-refractivity contribution in [2.75, 3.05) is 27.2 Å². The van der Waals surface area contributed by atoms with E-state index in [9.17, 15) is 9.59 Å². The molecular formula is C23H37N3O4. The third kappa shape index (κ3) is 10.3. The van der Waals surface area contributed by atoms with Crippen LogP contribution in [-0.2, 0) is 11.3 Å². The molecule has 1 aromatic carbocycles. The van der Waals surface area contributed by atoms with Gasteiger partial charge in [-0.05, 0) is 55.8 Å². The molecule has 2 amide bonds. The van der Waals surface area contributed by atoms with Crippen LogP contribution in [0.15, 0.2) is 30.4 Å². The number of carbonyl (C=O) groups excluding carboxylic acids is 2. The number of hydrogen-bond donors (Lipinski definition) is 2. The highest BCUT2D eigenvalue weighted by Crippen LogP contribution is 2.28. The number of amides is 2. The molecule has 30 heavy (non-hydrogen) atoms. The first-order valence-electron chi connectivity index (χ1n) is 10.6. The van der Waals surface area contributed by atoms with Crippen LogP contribution in [0.3, 0.4) is 0 Å². The lowest BCUT2D eigenvalue weighted by atomic mass is 10.1. The summed E-state index contributed by atoms with van der Waals surface area (Å²) in [6.07, 6.45) is 7.99. The van der Waals surface area contributed by atoms with E-state index in [1.165, 1.54) is 12.0 Å². The van der Waals surface area contributed by atoms with Gasteiger partial charge in [0.2, 0.25) is 5.91 Å². The topological polar surface area (TPSA) is 93.9 Å². The minimum Gasteiger partial charge on any atom is -0.493 e. The maximum absolute atomic E-state index is 12.1. The summed E-state index contributed by atoms with van der Waals surface area (Å²) in [6.45, 7) is 5.73. The number of rotatable bonds is 13. The normalized spacial score (nSPS) is 11.0. The maximum Gasteiger partial charge on any atom is 0.415 e. The van der Waals surface area contributed by atoms with Crippen LogP contribution in [0, 0.1) is 5.92 Å². The number of allylic oxidation sites excluding steroid dienone is 2. The smallest absolute Gasteiger partial charge is 0.415 e. The zero-order chi connectivity index (χ0) is 22.4. The molecule has 0 saturated carbocycles. The second-order valence-electron chi connectivity index (χ2n) is 7.61. The molecular weight excluding hydrogens is 382 g/mol. The van der Waals surface area contributed by atoms with Crippen LogP contribution in [0.4, 0.5) is 4.79 Å². The predicted octanol–water partition coefficient (Wildman–Crippen LogP) is 3.86. The van der Waals surface area contributed by atoms with E-state index >= 15 is 0 Å². The summed E-state index contributed by atoms with van der Waals surface area (Å²) in [5.41, 5.74) is 6.34. The molecule has 7 heteroatoms. The maximum atomic E-state index is 12.1. The Morgan fingerprint density at radius 2 is 1.97 bits per heavy atom. The number of hydrogen-bond acceptors (Lipinski definition) is 5. The zero-order valence-corrected chi connectivity index (χ0v) is 18.8.